The van der Waals surface area contributed by atoms with Crippen LogP contribution in [-0.2, 0) is 9.47 Å². The summed E-state index contributed by atoms with van der Waals surface area (Å²) < 4.78 is 15.3. The molecule has 5 rings (SSSR count). The number of hydrogen-bond donors (Lipinski definition) is 2. The number of anilines is 1. The van der Waals surface area contributed by atoms with Gasteiger partial charge in [-0.25, -0.2) is 14.4 Å². The number of carbonyl (C=O) groups excluding carboxylic acids is 3. The van der Waals surface area contributed by atoms with Gasteiger partial charge in [0.2, 0.25) is 0 Å². The summed E-state index contributed by atoms with van der Waals surface area (Å²) in [5.74, 6) is -1.05. The average molecular weight is 656 g/mol. The maximum Gasteiger partial charge on any atom is 0.417 e. The van der Waals surface area contributed by atoms with E-state index in [4.69, 9.17) is 14.2 Å². The highest BCUT2D eigenvalue weighted by molar-refractivity contribution is 6.03. The molecular weight excluding hydrogens is 618 g/mol. The number of amides is 1. The third-order valence-electron chi connectivity index (χ3n) is 8.10. The van der Waals surface area contributed by atoms with E-state index in [0.29, 0.717) is 5.75 Å². The molecule has 1 aromatic heterocycles. The number of rotatable bonds is 10. The second-order valence-corrected chi connectivity index (χ2v) is 11.2. The first-order chi connectivity index (χ1) is 23.7. The van der Waals surface area contributed by atoms with E-state index in [2.05, 4.69) is 48.5 Å². The van der Waals surface area contributed by atoms with Gasteiger partial charge >= 0.3 is 18.0 Å². The molecular formula is C40H37N3O6. The molecule has 2 N–H and O–H groups in total. The summed E-state index contributed by atoms with van der Waals surface area (Å²) >= 11 is 0. The molecule has 9 heteroatoms. The van der Waals surface area contributed by atoms with E-state index in [1.165, 1.54) is 38.0 Å². The van der Waals surface area contributed by atoms with Crippen molar-refractivity contribution in [1.29, 1.82) is 0 Å². The highest BCUT2D eigenvalue weighted by Gasteiger charge is 2.18. The molecule has 0 radical (unpaired) electrons. The van der Waals surface area contributed by atoms with Gasteiger partial charge in [0.25, 0.3) is 0 Å². The Morgan fingerprint density at radius 2 is 1.35 bits per heavy atom. The number of nitrogens with zero attached hydrogens (tertiary/aromatic N) is 1. The van der Waals surface area contributed by atoms with Gasteiger partial charge < -0.3 is 19.5 Å². The number of benzene rings is 4. The highest BCUT2D eigenvalue weighted by Crippen LogP contribution is 2.34. The highest BCUT2D eigenvalue weighted by atomic mass is 16.6. The van der Waals surface area contributed by atoms with Crippen molar-refractivity contribution in [1.82, 2.24) is 10.3 Å². The van der Waals surface area contributed by atoms with Gasteiger partial charge in [0, 0.05) is 35.0 Å². The van der Waals surface area contributed by atoms with Gasteiger partial charge in [-0.15, -0.1) is 0 Å². The number of pyridine rings is 1. The summed E-state index contributed by atoms with van der Waals surface area (Å²) in [6.07, 6.45) is 3.60. The molecule has 9 nitrogen and oxygen atoms in total. The topological polar surface area (TPSA) is 116 Å². The molecule has 49 heavy (non-hydrogen) atoms. The number of carbonyl (C=O) groups is 3. The lowest BCUT2D eigenvalue weighted by Gasteiger charge is -2.21. The SMILES string of the molecule is CCC(C)=C(N/C(=C(\C)c1cccc2ccc(OC(=O)Nc3cc(C(=O)OC)cc(C(=O)OC)c3)cc12)c1ccncc1)c1ccccc1. The molecule has 0 saturated carbocycles. The number of esters is 2. The fourth-order valence-electron chi connectivity index (χ4n) is 5.43. The average Bonchev–Trinajstić information content (AvgIpc) is 3.14. The Balaban J connectivity index is 1.53. The molecule has 4 aromatic carbocycles. The molecule has 5 aromatic rings. The van der Waals surface area contributed by atoms with Crippen LogP contribution in [0.1, 0.15) is 64.6 Å². The minimum Gasteiger partial charge on any atom is -0.465 e. The van der Waals surface area contributed by atoms with Gasteiger partial charge in [0.05, 0.1) is 25.3 Å². The molecule has 248 valence electrons. The Labute approximate surface area is 285 Å². The van der Waals surface area contributed by atoms with E-state index in [9.17, 15) is 14.4 Å². The fourth-order valence-corrected chi connectivity index (χ4v) is 5.43. The number of hydrogen-bond acceptors (Lipinski definition) is 8. The summed E-state index contributed by atoms with van der Waals surface area (Å²) in [7, 11) is 2.45. The van der Waals surface area contributed by atoms with Crippen LogP contribution in [0.3, 0.4) is 0 Å². The van der Waals surface area contributed by atoms with Crippen molar-refractivity contribution < 1.29 is 28.6 Å². The van der Waals surface area contributed by atoms with Crippen LogP contribution in [-0.4, -0.2) is 37.2 Å². The molecule has 0 aliphatic heterocycles. The first kappa shape index (κ1) is 34.1. The van der Waals surface area contributed by atoms with Gasteiger partial charge in [-0.3, -0.25) is 10.3 Å². The van der Waals surface area contributed by atoms with Crippen LogP contribution in [0.2, 0.25) is 0 Å². The zero-order chi connectivity index (χ0) is 34.9. The van der Waals surface area contributed by atoms with Gasteiger partial charge in [-0.1, -0.05) is 61.5 Å². The summed E-state index contributed by atoms with van der Waals surface area (Å²) in [6.45, 7) is 6.33. The fraction of sp³-hybridized carbons (Fsp3) is 0.150. The molecule has 0 saturated heterocycles. The Morgan fingerprint density at radius 1 is 0.694 bits per heavy atom. The van der Waals surface area contributed by atoms with E-state index in [0.717, 1.165) is 50.9 Å². The maximum absolute atomic E-state index is 13.1. The molecule has 1 amide bonds. The lowest BCUT2D eigenvalue weighted by atomic mass is 9.95. The minimum atomic E-state index is -0.811. The minimum absolute atomic E-state index is 0.0660. The first-order valence-electron chi connectivity index (χ1n) is 15.7. The lowest BCUT2D eigenvalue weighted by Crippen LogP contribution is -2.18. The van der Waals surface area contributed by atoms with Gasteiger partial charge in [0.15, 0.2) is 0 Å². The van der Waals surface area contributed by atoms with Crippen LogP contribution >= 0.6 is 0 Å². The number of methoxy groups -OCH3 is 2. The largest absolute Gasteiger partial charge is 0.465 e. The molecule has 0 aliphatic carbocycles. The third kappa shape index (κ3) is 8.02. The van der Waals surface area contributed by atoms with E-state index < -0.39 is 18.0 Å². The standard InChI is InChI=1S/C40H37N3O6/c1-6-25(2)36(28-11-8-7-9-12-28)43-37(29-17-19-41-20-18-29)26(3)34-14-10-13-27-15-16-33(24-35(27)34)49-40(46)42-32-22-30(38(44)47-4)21-31(23-32)39(45)48-5/h7-24,43H,6H2,1-5H3,(H,42,46)/b36-25?,37-26+. The zero-order valence-electron chi connectivity index (χ0n) is 28.0. The van der Waals surface area contributed by atoms with Crippen LogP contribution in [0.4, 0.5) is 10.5 Å². The van der Waals surface area contributed by atoms with Crippen molar-refractivity contribution in [2.75, 3.05) is 19.5 Å². The van der Waals surface area contributed by atoms with Crippen LogP contribution in [0.15, 0.2) is 115 Å². The Morgan fingerprint density at radius 3 is 1.98 bits per heavy atom. The molecule has 0 spiro atoms. The smallest absolute Gasteiger partial charge is 0.417 e. The van der Waals surface area contributed by atoms with E-state index in [1.807, 2.05) is 60.7 Å². The molecule has 0 unspecified atom stereocenters. The van der Waals surface area contributed by atoms with Gasteiger partial charge in [-0.2, -0.15) is 0 Å². The van der Waals surface area contributed by atoms with Gasteiger partial charge in [-0.05, 0) is 95.8 Å². The lowest BCUT2D eigenvalue weighted by molar-refractivity contribution is 0.0599. The van der Waals surface area contributed by atoms with E-state index >= 15 is 0 Å². The van der Waals surface area contributed by atoms with Crippen LogP contribution in [0, 0.1) is 0 Å². The van der Waals surface area contributed by atoms with Crippen molar-refractivity contribution in [3.63, 3.8) is 0 Å². The summed E-state index contributed by atoms with van der Waals surface area (Å²) in [4.78, 5) is 41.7. The number of aromatic nitrogens is 1. The second-order valence-electron chi connectivity index (χ2n) is 11.2. The van der Waals surface area contributed by atoms with Crippen LogP contribution in [0.25, 0.3) is 27.7 Å². The molecule has 0 fully saturated rings. The number of ether oxygens (including phenoxy) is 3. The molecule has 0 bridgehead atoms. The second kappa shape index (κ2) is 15.6. The molecule has 0 atom stereocenters. The normalized spacial score (nSPS) is 11.9. The maximum atomic E-state index is 13.1. The zero-order valence-corrected chi connectivity index (χ0v) is 28.0. The molecule has 1 heterocycles. The quantitative estimate of drug-likeness (QED) is 0.144. The predicted molar refractivity (Wildman–Crippen MR) is 192 cm³/mol. The summed E-state index contributed by atoms with van der Waals surface area (Å²) in [6, 6.07) is 29.7. The Kier molecular flexibility index (Phi) is 10.9. The number of nitrogens with one attached hydrogen (secondary N) is 2. The van der Waals surface area contributed by atoms with Crippen LogP contribution < -0.4 is 15.4 Å². The Bertz CT molecular complexity index is 2040. The summed E-state index contributed by atoms with van der Waals surface area (Å²) in [5, 5.41) is 8.20. The van der Waals surface area contributed by atoms with E-state index in [1.54, 1.807) is 18.5 Å². The summed E-state index contributed by atoms with van der Waals surface area (Å²) in [5.41, 5.74) is 7.41. The van der Waals surface area contributed by atoms with Gasteiger partial charge in [0.1, 0.15) is 5.75 Å². The third-order valence-corrected chi connectivity index (χ3v) is 8.10. The van der Waals surface area contributed by atoms with Crippen molar-refractivity contribution >= 4 is 51.5 Å². The van der Waals surface area contributed by atoms with E-state index in [-0.39, 0.29) is 16.8 Å². The van der Waals surface area contributed by atoms with Crippen molar-refractivity contribution in [2.24, 2.45) is 0 Å². The number of fused-ring (bicyclic) bond motifs is 1. The monoisotopic (exact) mass is 655 g/mol. The predicted octanol–water partition coefficient (Wildman–Crippen LogP) is 8.74. The number of allylic oxidation sites excluding steroid dienone is 2. The van der Waals surface area contributed by atoms with Crippen molar-refractivity contribution in [3.05, 3.63) is 143 Å². The van der Waals surface area contributed by atoms with Crippen molar-refractivity contribution in [2.45, 2.75) is 27.2 Å². The van der Waals surface area contributed by atoms with Crippen molar-refractivity contribution in [3.8, 4) is 5.75 Å². The molecule has 0 aliphatic rings. The first-order valence-corrected chi connectivity index (χ1v) is 15.7. The Hall–Kier alpha value is -6.22. The van der Waals surface area contributed by atoms with Crippen LogP contribution in [0.5, 0.6) is 5.75 Å².